The first-order chi connectivity index (χ1) is 9.70. The summed E-state index contributed by atoms with van der Waals surface area (Å²) in [6.45, 7) is 5.30. The lowest BCUT2D eigenvalue weighted by Gasteiger charge is -2.32. The van der Waals surface area contributed by atoms with Gasteiger partial charge in [-0.3, -0.25) is 0 Å². The molecule has 1 heterocycles. The molecule has 1 unspecified atom stereocenters. The molecule has 2 N–H and O–H groups in total. The lowest BCUT2D eigenvalue weighted by molar-refractivity contribution is -0.141. The summed E-state index contributed by atoms with van der Waals surface area (Å²) in [6, 6.07) is 2.43. The van der Waals surface area contributed by atoms with Gasteiger partial charge < -0.3 is 15.5 Å². The highest BCUT2D eigenvalue weighted by Gasteiger charge is 2.33. The molecule has 4 nitrogen and oxygen atoms in total. The predicted octanol–water partition coefficient (Wildman–Crippen LogP) is 2.34. The quantitative estimate of drug-likeness (QED) is 0.876. The van der Waals surface area contributed by atoms with Crippen LogP contribution in [0.1, 0.15) is 25.1 Å². The highest BCUT2D eigenvalue weighted by molar-refractivity contribution is 5.49. The zero-order valence-electron chi connectivity index (χ0n) is 12.9. The molecule has 1 rings (SSSR count). The number of hydrogen-bond acceptors (Lipinski definition) is 4. The molecule has 1 aromatic rings. The predicted molar refractivity (Wildman–Crippen MR) is 78.2 cm³/mol. The maximum absolute atomic E-state index is 12.9. The van der Waals surface area contributed by atoms with Gasteiger partial charge in [-0.25, -0.2) is 4.98 Å². The van der Waals surface area contributed by atoms with Crippen LogP contribution in [0.4, 0.5) is 19.0 Å². The van der Waals surface area contributed by atoms with Gasteiger partial charge in [0.25, 0.3) is 0 Å². The molecule has 21 heavy (non-hydrogen) atoms. The van der Waals surface area contributed by atoms with Gasteiger partial charge in [-0.05, 0) is 34.0 Å². The third-order valence-electron chi connectivity index (χ3n) is 3.24. The van der Waals surface area contributed by atoms with Crippen molar-refractivity contribution in [2.75, 3.05) is 32.1 Å². The number of hydrogen-bond donors (Lipinski definition) is 1. The molecule has 0 spiro atoms. The number of anilines is 1. The molecule has 0 aromatic carbocycles. The van der Waals surface area contributed by atoms with E-state index < -0.39 is 11.9 Å². The van der Waals surface area contributed by atoms with Gasteiger partial charge in [-0.2, -0.15) is 13.2 Å². The van der Waals surface area contributed by atoms with Gasteiger partial charge in [-0.1, -0.05) is 6.07 Å². The maximum atomic E-state index is 12.9. The van der Waals surface area contributed by atoms with Crippen molar-refractivity contribution in [3.05, 3.63) is 23.4 Å². The zero-order chi connectivity index (χ0) is 16.2. The number of pyridine rings is 1. The molecular weight excluding hydrogens is 281 g/mol. The number of nitrogens with two attached hydrogens (primary N) is 1. The van der Waals surface area contributed by atoms with Crippen LogP contribution in [0.3, 0.4) is 0 Å². The molecule has 0 radical (unpaired) electrons. The monoisotopic (exact) mass is 304 g/mol. The average Bonchev–Trinajstić information content (AvgIpc) is 2.37. The van der Waals surface area contributed by atoms with E-state index in [1.165, 1.54) is 6.07 Å². The Hall–Kier alpha value is -1.34. The Morgan fingerprint density at radius 2 is 1.90 bits per heavy atom. The minimum absolute atomic E-state index is 0.0336. The van der Waals surface area contributed by atoms with Crippen molar-refractivity contribution in [1.29, 1.82) is 0 Å². The summed E-state index contributed by atoms with van der Waals surface area (Å²) in [6.07, 6.45) is -4.45. The average molecular weight is 304 g/mol. The third kappa shape index (κ3) is 4.57. The molecule has 0 amide bonds. The zero-order valence-corrected chi connectivity index (χ0v) is 12.9. The van der Waals surface area contributed by atoms with Gasteiger partial charge in [-0.15, -0.1) is 0 Å². The standard InChI is InChI=1S/C14H23F3N4/c1-5-21(10(2)9-20(3)4)13-11(8-18)6-7-12(19-13)14(15,16)17/h6-7,10H,5,8-9,18H2,1-4H3. The van der Waals surface area contributed by atoms with Crippen LogP contribution >= 0.6 is 0 Å². The smallest absolute Gasteiger partial charge is 0.353 e. The van der Waals surface area contributed by atoms with Crippen LogP contribution in [0.15, 0.2) is 12.1 Å². The largest absolute Gasteiger partial charge is 0.433 e. The van der Waals surface area contributed by atoms with E-state index in [4.69, 9.17) is 5.73 Å². The summed E-state index contributed by atoms with van der Waals surface area (Å²) in [5.74, 6) is 0.323. The van der Waals surface area contributed by atoms with Crippen LogP contribution in [0.5, 0.6) is 0 Å². The van der Waals surface area contributed by atoms with Crippen molar-refractivity contribution in [1.82, 2.24) is 9.88 Å². The molecule has 0 saturated heterocycles. The maximum Gasteiger partial charge on any atom is 0.433 e. The van der Waals surface area contributed by atoms with E-state index >= 15 is 0 Å². The Bertz CT molecular complexity index is 460. The number of nitrogens with zero attached hydrogens (tertiary/aromatic N) is 3. The minimum Gasteiger partial charge on any atom is -0.353 e. The Morgan fingerprint density at radius 3 is 2.33 bits per heavy atom. The highest BCUT2D eigenvalue weighted by Crippen LogP contribution is 2.31. The Balaban J connectivity index is 3.22. The van der Waals surface area contributed by atoms with Gasteiger partial charge in [0, 0.05) is 31.2 Å². The van der Waals surface area contributed by atoms with Gasteiger partial charge in [0.15, 0.2) is 0 Å². The Kier molecular flexibility index (Phi) is 5.98. The van der Waals surface area contributed by atoms with E-state index in [2.05, 4.69) is 4.98 Å². The first kappa shape index (κ1) is 17.7. The Labute approximate surface area is 123 Å². The van der Waals surface area contributed by atoms with Gasteiger partial charge in [0.1, 0.15) is 11.5 Å². The topological polar surface area (TPSA) is 45.4 Å². The normalized spacial score (nSPS) is 13.6. The van der Waals surface area contributed by atoms with Crippen LogP contribution in [0.2, 0.25) is 0 Å². The second-order valence-electron chi connectivity index (χ2n) is 5.28. The van der Waals surface area contributed by atoms with E-state index in [1.807, 2.05) is 37.7 Å². The number of alkyl halides is 3. The SMILES string of the molecule is CCN(c1nc(C(F)(F)F)ccc1CN)C(C)CN(C)C. The first-order valence-electron chi connectivity index (χ1n) is 6.89. The van der Waals surface area contributed by atoms with Crippen molar-refractivity contribution in [3.63, 3.8) is 0 Å². The van der Waals surface area contributed by atoms with Crippen molar-refractivity contribution in [3.8, 4) is 0 Å². The van der Waals surface area contributed by atoms with Crippen LogP contribution in [-0.4, -0.2) is 43.1 Å². The van der Waals surface area contributed by atoms with Crippen LogP contribution < -0.4 is 10.6 Å². The van der Waals surface area contributed by atoms with Crippen molar-refractivity contribution >= 4 is 5.82 Å². The molecule has 0 fully saturated rings. The summed E-state index contributed by atoms with van der Waals surface area (Å²) in [7, 11) is 3.85. The molecule has 0 bridgehead atoms. The summed E-state index contributed by atoms with van der Waals surface area (Å²) in [4.78, 5) is 7.66. The number of rotatable bonds is 6. The minimum atomic E-state index is -4.45. The number of halogens is 3. The van der Waals surface area contributed by atoms with Gasteiger partial charge >= 0.3 is 6.18 Å². The van der Waals surface area contributed by atoms with E-state index in [0.29, 0.717) is 17.9 Å². The molecule has 1 atom stereocenters. The first-order valence-corrected chi connectivity index (χ1v) is 6.89. The lowest BCUT2D eigenvalue weighted by atomic mass is 10.1. The summed E-state index contributed by atoms with van der Waals surface area (Å²) in [5, 5.41) is 0. The molecule has 7 heteroatoms. The van der Waals surface area contributed by atoms with Gasteiger partial charge in [0.05, 0.1) is 0 Å². The summed E-state index contributed by atoms with van der Waals surface area (Å²) >= 11 is 0. The van der Waals surface area contributed by atoms with Crippen LogP contribution in [-0.2, 0) is 12.7 Å². The van der Waals surface area contributed by atoms with Crippen molar-refractivity contribution in [2.24, 2.45) is 5.73 Å². The highest BCUT2D eigenvalue weighted by atomic mass is 19.4. The summed E-state index contributed by atoms with van der Waals surface area (Å²) in [5.41, 5.74) is 5.38. The molecule has 0 aliphatic carbocycles. The van der Waals surface area contributed by atoms with Crippen molar-refractivity contribution in [2.45, 2.75) is 32.6 Å². The molecule has 120 valence electrons. The van der Waals surface area contributed by atoms with Crippen molar-refractivity contribution < 1.29 is 13.2 Å². The van der Waals surface area contributed by atoms with E-state index in [1.54, 1.807) is 0 Å². The molecule has 0 aliphatic rings. The molecule has 0 aliphatic heterocycles. The third-order valence-corrected chi connectivity index (χ3v) is 3.24. The molecular formula is C14H23F3N4. The number of likely N-dealkylation sites (N-methyl/N-ethyl adjacent to an activating group) is 2. The molecule has 1 aromatic heterocycles. The number of aromatic nitrogens is 1. The Morgan fingerprint density at radius 1 is 1.29 bits per heavy atom. The lowest BCUT2D eigenvalue weighted by Crippen LogP contribution is -2.41. The second-order valence-corrected chi connectivity index (χ2v) is 5.28. The second kappa shape index (κ2) is 7.09. The van der Waals surface area contributed by atoms with Gasteiger partial charge in [0.2, 0.25) is 0 Å². The van der Waals surface area contributed by atoms with Crippen LogP contribution in [0, 0.1) is 0 Å². The molecule has 0 saturated carbocycles. The van der Waals surface area contributed by atoms with E-state index in [0.717, 1.165) is 12.6 Å². The fourth-order valence-electron chi connectivity index (χ4n) is 2.34. The van der Waals surface area contributed by atoms with E-state index in [-0.39, 0.29) is 12.6 Å². The van der Waals surface area contributed by atoms with Crippen LogP contribution in [0.25, 0.3) is 0 Å². The summed E-state index contributed by atoms with van der Waals surface area (Å²) < 4.78 is 38.6. The fourth-order valence-corrected chi connectivity index (χ4v) is 2.34. The van der Waals surface area contributed by atoms with E-state index in [9.17, 15) is 13.2 Å². The fraction of sp³-hybridized carbons (Fsp3) is 0.643.